The minimum Gasteiger partial charge on any atom is -0.228 e. The average molecular weight is 207 g/mol. The number of thioether (sulfide) groups is 1. The lowest BCUT2D eigenvalue weighted by Gasteiger charge is -2.06. The standard InChI is InChI=1S/C10H13N3S/c1-7-6-8(2)13-10(12-7)14-9(3)4-5-11/h6,9H,4H2,1-3H3. The summed E-state index contributed by atoms with van der Waals surface area (Å²) in [5, 5.41) is 9.54. The second kappa shape index (κ2) is 4.97. The molecule has 0 radical (unpaired) electrons. The van der Waals surface area contributed by atoms with E-state index in [0.717, 1.165) is 16.5 Å². The van der Waals surface area contributed by atoms with E-state index in [9.17, 15) is 0 Å². The zero-order valence-electron chi connectivity index (χ0n) is 8.61. The number of hydrogen-bond acceptors (Lipinski definition) is 4. The highest BCUT2D eigenvalue weighted by Crippen LogP contribution is 2.21. The Morgan fingerprint density at radius 3 is 2.50 bits per heavy atom. The maximum Gasteiger partial charge on any atom is 0.188 e. The van der Waals surface area contributed by atoms with Gasteiger partial charge in [0.2, 0.25) is 0 Å². The summed E-state index contributed by atoms with van der Waals surface area (Å²) in [4.78, 5) is 8.60. The molecule has 0 N–H and O–H groups in total. The van der Waals surface area contributed by atoms with Crippen LogP contribution in [-0.2, 0) is 0 Å². The van der Waals surface area contributed by atoms with Gasteiger partial charge in [0.25, 0.3) is 0 Å². The van der Waals surface area contributed by atoms with Crippen LogP contribution in [0.5, 0.6) is 0 Å². The van der Waals surface area contributed by atoms with Gasteiger partial charge < -0.3 is 0 Å². The minimum atomic E-state index is 0.251. The molecule has 0 aliphatic heterocycles. The second-order valence-electron chi connectivity index (χ2n) is 3.22. The molecule has 1 aromatic rings. The predicted molar refractivity (Wildman–Crippen MR) is 57.1 cm³/mol. The molecule has 1 heterocycles. The van der Waals surface area contributed by atoms with Gasteiger partial charge in [-0.15, -0.1) is 0 Å². The summed E-state index contributed by atoms with van der Waals surface area (Å²) in [6.45, 7) is 5.91. The molecule has 0 aliphatic carbocycles. The first-order valence-electron chi connectivity index (χ1n) is 4.47. The molecule has 74 valence electrons. The van der Waals surface area contributed by atoms with E-state index in [1.165, 1.54) is 0 Å². The highest BCUT2D eigenvalue weighted by Gasteiger charge is 2.06. The van der Waals surface area contributed by atoms with Crippen molar-refractivity contribution in [1.82, 2.24) is 9.97 Å². The van der Waals surface area contributed by atoms with Crippen molar-refractivity contribution in [3.63, 3.8) is 0 Å². The highest BCUT2D eigenvalue weighted by atomic mass is 32.2. The molecule has 0 saturated carbocycles. The highest BCUT2D eigenvalue weighted by molar-refractivity contribution is 7.99. The Balaban J connectivity index is 2.72. The molecular weight excluding hydrogens is 194 g/mol. The largest absolute Gasteiger partial charge is 0.228 e. The fraction of sp³-hybridized carbons (Fsp3) is 0.500. The van der Waals surface area contributed by atoms with E-state index in [2.05, 4.69) is 16.0 Å². The van der Waals surface area contributed by atoms with E-state index in [0.29, 0.717) is 6.42 Å². The SMILES string of the molecule is Cc1cc(C)nc(SC(C)CC#N)n1. The topological polar surface area (TPSA) is 49.6 Å². The van der Waals surface area contributed by atoms with Gasteiger partial charge in [-0.05, 0) is 19.9 Å². The molecule has 0 spiro atoms. The molecule has 1 atom stereocenters. The zero-order valence-corrected chi connectivity index (χ0v) is 9.43. The average Bonchev–Trinajstić information content (AvgIpc) is 2.01. The summed E-state index contributed by atoms with van der Waals surface area (Å²) in [5.41, 5.74) is 1.95. The van der Waals surface area contributed by atoms with Crippen LogP contribution in [0.4, 0.5) is 0 Å². The summed E-state index contributed by atoms with van der Waals surface area (Å²) in [6.07, 6.45) is 0.529. The quantitative estimate of drug-likeness (QED) is 0.564. The first kappa shape index (κ1) is 11.0. The lowest BCUT2D eigenvalue weighted by Crippen LogP contribution is -1.99. The second-order valence-corrected chi connectivity index (χ2v) is 4.63. The Kier molecular flexibility index (Phi) is 3.90. The molecule has 3 nitrogen and oxygen atoms in total. The number of aryl methyl sites for hydroxylation is 2. The zero-order chi connectivity index (χ0) is 10.6. The Bertz CT molecular complexity index is 337. The molecule has 14 heavy (non-hydrogen) atoms. The van der Waals surface area contributed by atoms with Crippen LogP contribution >= 0.6 is 11.8 Å². The van der Waals surface area contributed by atoms with Crippen LogP contribution < -0.4 is 0 Å². The van der Waals surface area contributed by atoms with Crippen LogP contribution in [0, 0.1) is 25.2 Å². The van der Waals surface area contributed by atoms with Gasteiger partial charge in [0, 0.05) is 23.1 Å². The maximum absolute atomic E-state index is 8.52. The van der Waals surface area contributed by atoms with E-state index in [4.69, 9.17) is 5.26 Å². The summed E-state index contributed by atoms with van der Waals surface area (Å²) >= 11 is 1.55. The van der Waals surface area contributed by atoms with Gasteiger partial charge in [-0.2, -0.15) is 5.26 Å². The fourth-order valence-corrected chi connectivity index (χ4v) is 2.01. The van der Waals surface area contributed by atoms with Gasteiger partial charge >= 0.3 is 0 Å². The van der Waals surface area contributed by atoms with Crippen LogP contribution in [0.15, 0.2) is 11.2 Å². The summed E-state index contributed by atoms with van der Waals surface area (Å²) in [6, 6.07) is 4.08. The van der Waals surface area contributed by atoms with Crippen LogP contribution in [0.1, 0.15) is 24.7 Å². The van der Waals surface area contributed by atoms with Crippen molar-refractivity contribution >= 4 is 11.8 Å². The predicted octanol–water partition coefficient (Wildman–Crippen LogP) is 2.49. The molecule has 0 bridgehead atoms. The van der Waals surface area contributed by atoms with Gasteiger partial charge in [-0.1, -0.05) is 18.7 Å². The van der Waals surface area contributed by atoms with Gasteiger partial charge in [0.05, 0.1) is 6.07 Å². The first-order chi connectivity index (χ1) is 6.61. The fourth-order valence-electron chi connectivity index (χ4n) is 1.10. The number of hydrogen-bond donors (Lipinski definition) is 0. The van der Waals surface area contributed by atoms with Crippen molar-refractivity contribution in [2.45, 2.75) is 37.6 Å². The Morgan fingerprint density at radius 2 is 2.00 bits per heavy atom. The molecular formula is C10H13N3S. The van der Waals surface area contributed by atoms with Crippen molar-refractivity contribution < 1.29 is 0 Å². The summed E-state index contributed by atoms with van der Waals surface area (Å²) in [5.74, 6) is 0. The number of nitrogens with zero attached hydrogens (tertiary/aromatic N) is 3. The normalized spacial score (nSPS) is 12.1. The lowest BCUT2D eigenvalue weighted by molar-refractivity contribution is 0.887. The molecule has 1 aromatic heterocycles. The van der Waals surface area contributed by atoms with E-state index < -0.39 is 0 Å². The van der Waals surface area contributed by atoms with E-state index in [1.807, 2.05) is 26.8 Å². The Morgan fingerprint density at radius 1 is 1.43 bits per heavy atom. The van der Waals surface area contributed by atoms with Crippen molar-refractivity contribution in [2.75, 3.05) is 0 Å². The molecule has 1 rings (SSSR count). The van der Waals surface area contributed by atoms with E-state index in [-0.39, 0.29) is 5.25 Å². The third-order valence-corrected chi connectivity index (χ3v) is 2.61. The van der Waals surface area contributed by atoms with Crippen molar-refractivity contribution in [3.8, 4) is 6.07 Å². The Labute approximate surface area is 88.6 Å². The van der Waals surface area contributed by atoms with E-state index >= 15 is 0 Å². The third-order valence-electron chi connectivity index (χ3n) is 1.65. The van der Waals surface area contributed by atoms with Crippen LogP contribution in [0.25, 0.3) is 0 Å². The van der Waals surface area contributed by atoms with Crippen molar-refractivity contribution in [1.29, 1.82) is 5.26 Å². The van der Waals surface area contributed by atoms with Crippen LogP contribution in [-0.4, -0.2) is 15.2 Å². The molecule has 0 saturated heterocycles. The molecule has 0 aromatic carbocycles. The minimum absolute atomic E-state index is 0.251. The number of nitriles is 1. The smallest absolute Gasteiger partial charge is 0.188 e. The third kappa shape index (κ3) is 3.35. The van der Waals surface area contributed by atoms with Crippen molar-refractivity contribution in [3.05, 3.63) is 17.5 Å². The summed E-state index contributed by atoms with van der Waals surface area (Å²) in [7, 11) is 0. The first-order valence-corrected chi connectivity index (χ1v) is 5.35. The van der Waals surface area contributed by atoms with Gasteiger partial charge in [0.1, 0.15) is 0 Å². The van der Waals surface area contributed by atoms with Gasteiger partial charge in [-0.3, -0.25) is 0 Å². The van der Waals surface area contributed by atoms with E-state index in [1.54, 1.807) is 11.8 Å². The monoisotopic (exact) mass is 207 g/mol. The number of aromatic nitrogens is 2. The molecule has 4 heteroatoms. The molecule has 0 aliphatic rings. The van der Waals surface area contributed by atoms with Gasteiger partial charge in [0.15, 0.2) is 5.16 Å². The lowest BCUT2D eigenvalue weighted by atomic mass is 10.4. The summed E-state index contributed by atoms with van der Waals surface area (Å²) < 4.78 is 0. The molecule has 0 fully saturated rings. The van der Waals surface area contributed by atoms with Crippen LogP contribution in [0.2, 0.25) is 0 Å². The van der Waals surface area contributed by atoms with Gasteiger partial charge in [-0.25, -0.2) is 9.97 Å². The molecule has 0 amide bonds. The Hall–Kier alpha value is -1.08. The van der Waals surface area contributed by atoms with Crippen molar-refractivity contribution in [2.24, 2.45) is 0 Å². The maximum atomic E-state index is 8.52. The number of rotatable bonds is 3. The molecule has 1 unspecified atom stereocenters. The van der Waals surface area contributed by atoms with Crippen LogP contribution in [0.3, 0.4) is 0 Å².